The number of thioether (sulfide) groups is 1. The number of benzene rings is 2. The van der Waals surface area contributed by atoms with Crippen molar-refractivity contribution in [2.24, 2.45) is 10.2 Å². The van der Waals surface area contributed by atoms with E-state index in [9.17, 15) is 9.59 Å². The molecular formula is C20H14N4O3S. The second kappa shape index (κ2) is 8.01. The van der Waals surface area contributed by atoms with Crippen LogP contribution in [0.15, 0.2) is 71.0 Å². The lowest BCUT2D eigenvalue weighted by Crippen LogP contribution is -2.19. The minimum absolute atomic E-state index is 0.105. The molecule has 1 saturated heterocycles. The molecule has 7 nitrogen and oxygen atoms in total. The van der Waals surface area contributed by atoms with Crippen molar-refractivity contribution in [3.63, 3.8) is 0 Å². The Morgan fingerprint density at radius 2 is 2.00 bits per heavy atom. The van der Waals surface area contributed by atoms with Crippen LogP contribution in [0.5, 0.6) is 5.75 Å². The van der Waals surface area contributed by atoms with Crippen LogP contribution in [0.2, 0.25) is 0 Å². The smallest absolute Gasteiger partial charge is 0.343 e. The summed E-state index contributed by atoms with van der Waals surface area (Å²) in [5.41, 5.74) is 1.53. The lowest BCUT2D eigenvalue weighted by atomic mass is 10.1. The van der Waals surface area contributed by atoms with Crippen LogP contribution in [-0.2, 0) is 4.79 Å². The zero-order valence-electron chi connectivity index (χ0n) is 14.5. The van der Waals surface area contributed by atoms with Gasteiger partial charge in [0.15, 0.2) is 10.9 Å². The van der Waals surface area contributed by atoms with Gasteiger partial charge in [-0.15, -0.1) is 5.10 Å². The molecule has 8 heteroatoms. The van der Waals surface area contributed by atoms with Gasteiger partial charge >= 0.3 is 5.97 Å². The summed E-state index contributed by atoms with van der Waals surface area (Å²) in [5.74, 6) is 0.0393. The number of ether oxygens (including phenoxy) is 1. The summed E-state index contributed by atoms with van der Waals surface area (Å²) in [4.78, 5) is 28.1. The number of fused-ring (bicyclic) bond motifs is 1. The highest BCUT2D eigenvalue weighted by Crippen LogP contribution is 2.28. The minimum atomic E-state index is -0.488. The SMILES string of the molecule is O=C1CSC(=NN=Cc2ccc3cccnc3c2OC(=O)c2ccccc2)N1. The van der Waals surface area contributed by atoms with Crippen molar-refractivity contribution in [2.75, 3.05) is 5.75 Å². The number of carbonyl (C=O) groups is 2. The van der Waals surface area contributed by atoms with Crippen molar-refractivity contribution in [1.29, 1.82) is 0 Å². The summed E-state index contributed by atoms with van der Waals surface area (Å²) in [7, 11) is 0. The highest BCUT2D eigenvalue weighted by Gasteiger charge is 2.17. The van der Waals surface area contributed by atoms with Crippen LogP contribution in [0.3, 0.4) is 0 Å². The predicted molar refractivity (Wildman–Crippen MR) is 109 cm³/mol. The van der Waals surface area contributed by atoms with Crippen LogP contribution in [0.4, 0.5) is 0 Å². The van der Waals surface area contributed by atoms with E-state index >= 15 is 0 Å². The molecule has 1 aliphatic rings. The Labute approximate surface area is 164 Å². The van der Waals surface area contributed by atoms with Gasteiger partial charge in [-0.2, -0.15) is 5.10 Å². The van der Waals surface area contributed by atoms with E-state index in [-0.39, 0.29) is 5.91 Å². The molecule has 0 atom stereocenters. The Morgan fingerprint density at radius 1 is 1.14 bits per heavy atom. The molecule has 1 amide bonds. The molecule has 1 aromatic heterocycles. The number of amidine groups is 1. The Kier molecular flexibility index (Phi) is 5.11. The van der Waals surface area contributed by atoms with Gasteiger partial charge in [-0.05, 0) is 24.3 Å². The summed E-state index contributed by atoms with van der Waals surface area (Å²) in [6, 6.07) is 16.1. The fourth-order valence-electron chi connectivity index (χ4n) is 2.59. The van der Waals surface area contributed by atoms with Crippen LogP contribution < -0.4 is 10.1 Å². The second-order valence-corrected chi connectivity index (χ2v) is 6.77. The van der Waals surface area contributed by atoms with E-state index in [0.29, 0.717) is 33.3 Å². The van der Waals surface area contributed by atoms with Crippen molar-refractivity contribution < 1.29 is 14.3 Å². The number of hydrogen-bond donors (Lipinski definition) is 1. The average molecular weight is 390 g/mol. The fraction of sp³-hybridized carbons (Fsp3) is 0.0500. The van der Waals surface area contributed by atoms with E-state index in [1.807, 2.05) is 24.3 Å². The zero-order chi connectivity index (χ0) is 19.3. The van der Waals surface area contributed by atoms with Crippen molar-refractivity contribution in [3.05, 3.63) is 71.9 Å². The van der Waals surface area contributed by atoms with Crippen molar-refractivity contribution >= 4 is 45.9 Å². The fourth-order valence-corrected chi connectivity index (χ4v) is 3.22. The quantitative estimate of drug-likeness (QED) is 0.320. The molecule has 28 heavy (non-hydrogen) atoms. The Bertz CT molecular complexity index is 1110. The number of amides is 1. The molecule has 3 aromatic rings. The summed E-state index contributed by atoms with van der Waals surface area (Å²) in [6.45, 7) is 0. The van der Waals surface area contributed by atoms with E-state index in [0.717, 1.165) is 5.39 Å². The highest BCUT2D eigenvalue weighted by molar-refractivity contribution is 8.15. The van der Waals surface area contributed by atoms with Crippen LogP contribution >= 0.6 is 11.8 Å². The first-order valence-electron chi connectivity index (χ1n) is 8.39. The standard InChI is InChI=1S/C20H14N4O3S/c25-16-12-28-20(23-16)24-22-11-15-9-8-13-7-4-10-21-17(13)18(15)27-19(26)14-5-2-1-3-6-14/h1-11H,12H2,(H,23,24,25). The molecule has 0 radical (unpaired) electrons. The minimum Gasteiger partial charge on any atom is -0.420 e. The van der Waals surface area contributed by atoms with Gasteiger partial charge < -0.3 is 10.1 Å². The van der Waals surface area contributed by atoms with Crippen molar-refractivity contribution in [2.45, 2.75) is 0 Å². The summed E-state index contributed by atoms with van der Waals surface area (Å²) in [5, 5.41) is 11.9. The number of nitrogens with one attached hydrogen (secondary N) is 1. The first-order valence-corrected chi connectivity index (χ1v) is 9.38. The monoisotopic (exact) mass is 390 g/mol. The van der Waals surface area contributed by atoms with E-state index < -0.39 is 5.97 Å². The van der Waals surface area contributed by atoms with Gasteiger partial charge in [-0.1, -0.05) is 42.1 Å². The van der Waals surface area contributed by atoms with Crippen LogP contribution in [-0.4, -0.2) is 34.0 Å². The molecule has 0 saturated carbocycles. The number of hydrogen-bond acceptors (Lipinski definition) is 7. The lowest BCUT2D eigenvalue weighted by molar-refractivity contribution is -0.116. The van der Waals surface area contributed by atoms with Gasteiger partial charge in [0.1, 0.15) is 5.52 Å². The second-order valence-electron chi connectivity index (χ2n) is 5.80. The van der Waals surface area contributed by atoms with Crippen LogP contribution in [0.1, 0.15) is 15.9 Å². The first kappa shape index (κ1) is 17.9. The van der Waals surface area contributed by atoms with E-state index in [2.05, 4.69) is 20.5 Å². The van der Waals surface area contributed by atoms with E-state index in [4.69, 9.17) is 4.74 Å². The third-order valence-electron chi connectivity index (χ3n) is 3.89. The number of esters is 1. The summed E-state index contributed by atoms with van der Waals surface area (Å²) < 4.78 is 5.67. The van der Waals surface area contributed by atoms with E-state index in [1.165, 1.54) is 18.0 Å². The maximum absolute atomic E-state index is 12.6. The molecule has 2 aromatic carbocycles. The van der Waals surface area contributed by atoms with Crippen molar-refractivity contribution in [3.8, 4) is 5.75 Å². The van der Waals surface area contributed by atoms with Crippen LogP contribution in [0, 0.1) is 0 Å². The number of nitrogens with zero attached hydrogens (tertiary/aromatic N) is 3. The van der Waals surface area contributed by atoms with Gasteiger partial charge in [-0.3, -0.25) is 9.78 Å². The van der Waals surface area contributed by atoms with Gasteiger partial charge in [-0.25, -0.2) is 4.79 Å². The first-order chi connectivity index (χ1) is 13.7. The molecule has 0 bridgehead atoms. The van der Waals surface area contributed by atoms with E-state index in [1.54, 1.807) is 36.5 Å². The average Bonchev–Trinajstić information content (AvgIpc) is 3.15. The molecule has 4 rings (SSSR count). The third kappa shape index (κ3) is 3.91. The van der Waals surface area contributed by atoms with Gasteiger partial charge in [0.05, 0.1) is 17.5 Å². The third-order valence-corrected chi connectivity index (χ3v) is 4.76. The molecule has 2 heterocycles. The molecule has 1 fully saturated rings. The Balaban J connectivity index is 1.69. The number of pyridine rings is 1. The summed E-state index contributed by atoms with van der Waals surface area (Å²) in [6.07, 6.45) is 3.10. The molecule has 1 aliphatic heterocycles. The number of aromatic nitrogens is 1. The molecule has 0 spiro atoms. The van der Waals surface area contributed by atoms with Crippen molar-refractivity contribution in [1.82, 2.24) is 10.3 Å². The maximum atomic E-state index is 12.6. The van der Waals surface area contributed by atoms with Crippen LogP contribution in [0.25, 0.3) is 10.9 Å². The lowest BCUT2D eigenvalue weighted by Gasteiger charge is -2.10. The number of rotatable bonds is 4. The topological polar surface area (TPSA) is 93.0 Å². The Morgan fingerprint density at radius 3 is 2.79 bits per heavy atom. The predicted octanol–water partition coefficient (Wildman–Crippen LogP) is 3.01. The van der Waals surface area contributed by atoms with Gasteiger partial charge in [0.25, 0.3) is 0 Å². The van der Waals surface area contributed by atoms with Gasteiger partial charge in [0, 0.05) is 17.1 Å². The largest absolute Gasteiger partial charge is 0.420 e. The number of carbonyl (C=O) groups excluding carboxylic acids is 2. The molecule has 0 aliphatic carbocycles. The molecule has 0 unspecified atom stereocenters. The Hall–Kier alpha value is -3.52. The summed E-state index contributed by atoms with van der Waals surface area (Å²) >= 11 is 1.28. The van der Waals surface area contributed by atoms with Gasteiger partial charge in [0.2, 0.25) is 5.91 Å². The highest BCUT2D eigenvalue weighted by atomic mass is 32.2. The molecule has 1 N–H and O–H groups in total. The molecule has 138 valence electrons. The zero-order valence-corrected chi connectivity index (χ0v) is 15.3. The molecular weight excluding hydrogens is 376 g/mol. The maximum Gasteiger partial charge on any atom is 0.343 e. The normalized spacial score (nSPS) is 15.3.